The van der Waals surface area contributed by atoms with Gasteiger partial charge < -0.3 is 19.5 Å². The molecule has 0 radical (unpaired) electrons. The first kappa shape index (κ1) is 27.3. The van der Waals surface area contributed by atoms with Gasteiger partial charge in [-0.05, 0) is 72.9 Å². The van der Waals surface area contributed by atoms with E-state index in [1.807, 2.05) is 26.0 Å². The molecule has 1 aliphatic heterocycles. The second-order valence-corrected chi connectivity index (χ2v) is 11.4. The van der Waals surface area contributed by atoms with E-state index in [2.05, 4.69) is 19.2 Å². The summed E-state index contributed by atoms with van der Waals surface area (Å²) in [6, 6.07) is 16.6. The number of nitrogens with zero attached hydrogens (tertiary/aromatic N) is 1. The van der Waals surface area contributed by atoms with Crippen molar-refractivity contribution in [3.05, 3.63) is 77.4 Å². The Morgan fingerprint density at radius 1 is 0.974 bits per heavy atom. The maximum Gasteiger partial charge on any atom is 0.264 e. The topological polar surface area (TPSA) is 94.2 Å². The van der Waals surface area contributed by atoms with Gasteiger partial charge in [-0.15, -0.1) is 0 Å². The Morgan fingerprint density at radius 2 is 1.66 bits per heavy atom. The molecule has 1 atom stereocenters. The van der Waals surface area contributed by atoms with Crippen LogP contribution < -0.4 is 23.8 Å². The van der Waals surface area contributed by atoms with E-state index in [0.29, 0.717) is 30.4 Å². The molecule has 1 amide bonds. The highest BCUT2D eigenvalue weighted by Gasteiger charge is 2.29. The van der Waals surface area contributed by atoms with Gasteiger partial charge in [0.05, 0.1) is 23.7 Å². The zero-order valence-electron chi connectivity index (χ0n) is 22.4. The van der Waals surface area contributed by atoms with Crippen LogP contribution in [0.5, 0.6) is 17.2 Å². The molecule has 0 unspecified atom stereocenters. The first-order valence-electron chi connectivity index (χ1n) is 12.6. The van der Waals surface area contributed by atoms with E-state index in [1.54, 1.807) is 43.5 Å². The van der Waals surface area contributed by atoms with Gasteiger partial charge >= 0.3 is 0 Å². The third kappa shape index (κ3) is 5.72. The molecule has 1 N–H and O–H groups in total. The summed E-state index contributed by atoms with van der Waals surface area (Å²) in [4.78, 5) is 13.4. The number of rotatable bonds is 9. The van der Waals surface area contributed by atoms with Crippen molar-refractivity contribution in [1.29, 1.82) is 0 Å². The molecule has 0 fully saturated rings. The van der Waals surface area contributed by atoms with E-state index in [0.717, 1.165) is 26.7 Å². The number of ether oxygens (including phenoxy) is 3. The van der Waals surface area contributed by atoms with Crippen LogP contribution in [0.4, 0.5) is 5.69 Å². The molecule has 202 valence electrons. The van der Waals surface area contributed by atoms with Crippen molar-refractivity contribution in [3.8, 4) is 17.2 Å². The predicted octanol–water partition coefficient (Wildman–Crippen LogP) is 4.97. The molecule has 0 spiro atoms. The van der Waals surface area contributed by atoms with Gasteiger partial charge in [-0.25, -0.2) is 8.42 Å². The first-order valence-corrected chi connectivity index (χ1v) is 14.0. The van der Waals surface area contributed by atoms with Crippen LogP contribution in [0.25, 0.3) is 0 Å². The summed E-state index contributed by atoms with van der Waals surface area (Å²) < 4.78 is 45.3. The lowest BCUT2D eigenvalue weighted by atomic mass is 9.93. The van der Waals surface area contributed by atoms with E-state index in [4.69, 9.17) is 14.2 Å². The normalized spacial score (nSPS) is 13.6. The average molecular weight is 539 g/mol. The van der Waals surface area contributed by atoms with Crippen LogP contribution in [0.2, 0.25) is 0 Å². The second kappa shape index (κ2) is 11.3. The monoisotopic (exact) mass is 538 g/mol. The van der Waals surface area contributed by atoms with Crippen molar-refractivity contribution in [2.24, 2.45) is 0 Å². The van der Waals surface area contributed by atoms with Crippen LogP contribution in [-0.2, 0) is 14.8 Å². The Balaban J connectivity index is 1.64. The Hall–Kier alpha value is -3.72. The van der Waals surface area contributed by atoms with Crippen molar-refractivity contribution in [3.63, 3.8) is 0 Å². The third-order valence-electron chi connectivity index (χ3n) is 6.52. The summed E-state index contributed by atoms with van der Waals surface area (Å²) in [5, 5.41) is 2.98. The number of carbonyl (C=O) groups excluding carboxylic acids is 1. The smallest absolute Gasteiger partial charge is 0.264 e. The fourth-order valence-corrected chi connectivity index (χ4v) is 5.96. The summed E-state index contributed by atoms with van der Waals surface area (Å²) in [6.07, 6.45) is 0. The third-order valence-corrected chi connectivity index (χ3v) is 8.30. The van der Waals surface area contributed by atoms with Crippen LogP contribution in [0.15, 0.2) is 65.6 Å². The van der Waals surface area contributed by atoms with Crippen molar-refractivity contribution in [2.45, 2.75) is 44.6 Å². The number of hydrogen-bond donors (Lipinski definition) is 1. The lowest BCUT2D eigenvalue weighted by molar-refractivity contribution is -0.120. The highest BCUT2D eigenvalue weighted by molar-refractivity contribution is 7.92. The maximum atomic E-state index is 13.7. The molecule has 3 aromatic rings. The second-order valence-electron chi connectivity index (χ2n) is 9.55. The molecule has 9 heteroatoms. The molecule has 0 aliphatic carbocycles. The minimum Gasteiger partial charge on any atom is -0.496 e. The lowest BCUT2D eigenvalue weighted by Gasteiger charge is -2.27. The van der Waals surface area contributed by atoms with Gasteiger partial charge in [-0.3, -0.25) is 9.10 Å². The zero-order valence-corrected chi connectivity index (χ0v) is 23.2. The van der Waals surface area contributed by atoms with Crippen molar-refractivity contribution < 1.29 is 27.4 Å². The highest BCUT2D eigenvalue weighted by atomic mass is 32.2. The fraction of sp³-hybridized carbons (Fsp3) is 0.345. The van der Waals surface area contributed by atoms with E-state index in [9.17, 15) is 13.2 Å². The maximum absolute atomic E-state index is 13.7. The molecule has 4 rings (SSSR count). The number of benzene rings is 3. The van der Waals surface area contributed by atoms with Crippen molar-refractivity contribution in [2.75, 3.05) is 31.2 Å². The van der Waals surface area contributed by atoms with Gasteiger partial charge in [0.25, 0.3) is 10.0 Å². The summed E-state index contributed by atoms with van der Waals surface area (Å²) in [5.74, 6) is 1.57. The SMILES string of the molecule is COc1cc(C)c([C@@H](C)NC(=O)CN(c2ccc3c(c2)OCCO3)S(=O)(=O)c2ccccc2)cc1C(C)C. The molecular weight excluding hydrogens is 504 g/mol. The van der Waals surface area contributed by atoms with Gasteiger partial charge in [0, 0.05) is 6.07 Å². The van der Waals surface area contributed by atoms with Crippen LogP contribution in [0, 0.1) is 6.92 Å². The number of amides is 1. The Bertz CT molecular complexity index is 1410. The molecule has 8 nitrogen and oxygen atoms in total. The number of aryl methyl sites for hydroxylation is 1. The summed E-state index contributed by atoms with van der Waals surface area (Å²) in [7, 11) is -2.41. The van der Waals surface area contributed by atoms with E-state index in [-0.39, 0.29) is 16.9 Å². The quantitative estimate of drug-likeness (QED) is 0.413. The number of anilines is 1. The number of methoxy groups -OCH3 is 1. The fourth-order valence-electron chi connectivity index (χ4n) is 4.53. The minimum absolute atomic E-state index is 0.0864. The van der Waals surface area contributed by atoms with E-state index >= 15 is 0 Å². The Kier molecular flexibility index (Phi) is 8.16. The van der Waals surface area contributed by atoms with E-state index < -0.39 is 22.5 Å². The van der Waals surface area contributed by atoms with Crippen LogP contribution in [0.1, 0.15) is 49.4 Å². The van der Waals surface area contributed by atoms with Gasteiger partial charge in [-0.1, -0.05) is 32.0 Å². The van der Waals surface area contributed by atoms with Crippen molar-refractivity contribution >= 4 is 21.6 Å². The standard InChI is InChI=1S/C29H34N2O6S/c1-19(2)24-17-25(20(3)15-27(24)35-5)21(4)30-29(32)18-31(38(33,34)23-9-7-6-8-10-23)22-11-12-26-28(16-22)37-14-13-36-26/h6-12,15-17,19,21H,13-14,18H2,1-5H3,(H,30,32)/t21-/m1/s1. The molecule has 0 saturated carbocycles. The molecule has 0 bridgehead atoms. The van der Waals surface area contributed by atoms with Crippen LogP contribution >= 0.6 is 0 Å². The van der Waals surface area contributed by atoms with Crippen LogP contribution in [0.3, 0.4) is 0 Å². The summed E-state index contributed by atoms with van der Waals surface area (Å²) in [5.41, 5.74) is 3.27. The molecule has 1 heterocycles. The largest absolute Gasteiger partial charge is 0.496 e. The number of hydrogen-bond acceptors (Lipinski definition) is 6. The number of fused-ring (bicyclic) bond motifs is 1. The Labute approximate surface area is 224 Å². The molecule has 0 aromatic heterocycles. The van der Waals surface area contributed by atoms with Gasteiger partial charge in [0.1, 0.15) is 25.5 Å². The number of carbonyl (C=O) groups is 1. The molecular formula is C29H34N2O6S. The number of sulfonamides is 1. The predicted molar refractivity (Wildman–Crippen MR) is 147 cm³/mol. The Morgan fingerprint density at radius 3 is 2.32 bits per heavy atom. The molecule has 0 saturated heterocycles. The van der Waals surface area contributed by atoms with E-state index in [1.165, 1.54) is 12.1 Å². The first-order chi connectivity index (χ1) is 18.1. The molecule has 38 heavy (non-hydrogen) atoms. The van der Waals surface area contributed by atoms with Gasteiger partial charge in [0.2, 0.25) is 5.91 Å². The molecule has 3 aromatic carbocycles. The average Bonchev–Trinajstić information content (AvgIpc) is 2.91. The minimum atomic E-state index is -4.05. The van der Waals surface area contributed by atoms with Crippen molar-refractivity contribution in [1.82, 2.24) is 5.32 Å². The molecule has 1 aliphatic rings. The van der Waals surface area contributed by atoms with Gasteiger partial charge in [0.15, 0.2) is 11.5 Å². The highest BCUT2D eigenvalue weighted by Crippen LogP contribution is 2.36. The summed E-state index contributed by atoms with van der Waals surface area (Å²) in [6.45, 7) is 8.39. The zero-order chi connectivity index (χ0) is 27.4. The van der Waals surface area contributed by atoms with Gasteiger partial charge in [-0.2, -0.15) is 0 Å². The lowest BCUT2D eigenvalue weighted by Crippen LogP contribution is -2.41. The number of nitrogens with one attached hydrogen (secondary N) is 1. The van der Waals surface area contributed by atoms with Crippen LogP contribution in [-0.4, -0.2) is 41.2 Å². The summed E-state index contributed by atoms with van der Waals surface area (Å²) >= 11 is 0.